The van der Waals surface area contributed by atoms with Gasteiger partial charge >= 0.3 is 0 Å². The third kappa shape index (κ3) is 4.26. The molecule has 4 N–H and O–H groups in total. The van der Waals surface area contributed by atoms with Gasteiger partial charge in [-0.05, 0) is 19.4 Å². The summed E-state index contributed by atoms with van der Waals surface area (Å²) in [7, 11) is 1.80. The second-order valence-corrected chi connectivity index (χ2v) is 6.87. The number of rotatable bonds is 7. The summed E-state index contributed by atoms with van der Waals surface area (Å²) in [6.07, 6.45) is 1.67. The summed E-state index contributed by atoms with van der Waals surface area (Å²) in [4.78, 5) is 8.97. The molecule has 0 aliphatic heterocycles. The smallest absolute Gasteiger partial charge is 0.226 e. The number of aromatic nitrogens is 4. The van der Waals surface area contributed by atoms with Crippen LogP contribution < -0.4 is 16.4 Å². The molecule has 3 rings (SSSR count). The van der Waals surface area contributed by atoms with Gasteiger partial charge in [0.25, 0.3) is 0 Å². The van der Waals surface area contributed by atoms with Crippen molar-refractivity contribution in [2.45, 2.75) is 25.6 Å². The molecule has 0 aliphatic carbocycles. The van der Waals surface area contributed by atoms with Crippen LogP contribution in [0.15, 0.2) is 36.5 Å². The highest BCUT2D eigenvalue weighted by molar-refractivity contribution is 5.87. The fourth-order valence-corrected chi connectivity index (χ4v) is 2.55. The van der Waals surface area contributed by atoms with Gasteiger partial charge in [-0.25, -0.2) is 4.39 Å². The van der Waals surface area contributed by atoms with Crippen molar-refractivity contribution in [1.29, 1.82) is 0 Å². The van der Waals surface area contributed by atoms with Crippen molar-refractivity contribution < 1.29 is 4.39 Å². The maximum atomic E-state index is 13.9. The number of nitrogens with two attached hydrogens (primary N) is 1. The maximum absolute atomic E-state index is 13.9. The highest BCUT2D eigenvalue weighted by Crippen LogP contribution is 2.23. The van der Waals surface area contributed by atoms with Crippen LogP contribution in [0.5, 0.6) is 0 Å². The highest BCUT2D eigenvalue weighted by atomic mass is 19.1. The molecule has 0 saturated heterocycles. The Kier molecular flexibility index (Phi) is 5.03. The fourth-order valence-electron chi connectivity index (χ4n) is 2.55. The summed E-state index contributed by atoms with van der Waals surface area (Å²) in [5.41, 5.74) is 6.55. The first-order valence-electron chi connectivity index (χ1n) is 8.50. The zero-order valence-corrected chi connectivity index (χ0v) is 15.2. The molecule has 0 bridgehead atoms. The first-order chi connectivity index (χ1) is 12.3. The first kappa shape index (κ1) is 18.1. The number of hydrogen-bond donors (Lipinski definition) is 3. The molecule has 7 nitrogen and oxygen atoms in total. The van der Waals surface area contributed by atoms with Crippen LogP contribution in [0.1, 0.15) is 25.5 Å². The lowest BCUT2D eigenvalue weighted by molar-refractivity contribution is 0.235. The lowest BCUT2D eigenvalue weighted by Crippen LogP contribution is -2.25. The van der Waals surface area contributed by atoms with E-state index in [0.29, 0.717) is 24.0 Å². The Morgan fingerprint density at radius 1 is 1.19 bits per heavy atom. The average molecular weight is 357 g/mol. The zero-order chi connectivity index (χ0) is 18.7. The fraction of sp³-hybridized carbons (Fsp3) is 0.389. The van der Waals surface area contributed by atoms with E-state index in [1.807, 2.05) is 30.3 Å². The Morgan fingerprint density at radius 3 is 2.62 bits per heavy atom. The maximum Gasteiger partial charge on any atom is 0.226 e. The average Bonchev–Trinajstić information content (AvgIpc) is 2.99. The molecule has 0 saturated carbocycles. The third-order valence-electron chi connectivity index (χ3n) is 3.98. The first-order valence-corrected chi connectivity index (χ1v) is 8.50. The van der Waals surface area contributed by atoms with E-state index in [9.17, 15) is 4.39 Å². The Balaban J connectivity index is 1.80. The molecule has 1 unspecified atom stereocenters. The van der Waals surface area contributed by atoms with Gasteiger partial charge in [0, 0.05) is 26.2 Å². The second kappa shape index (κ2) is 7.25. The molecule has 3 aromatic rings. The van der Waals surface area contributed by atoms with Crippen molar-refractivity contribution in [3.05, 3.63) is 42.1 Å². The van der Waals surface area contributed by atoms with Crippen molar-refractivity contribution in [1.82, 2.24) is 19.7 Å². The number of fused-ring (bicyclic) bond motifs is 1. The van der Waals surface area contributed by atoms with Crippen LogP contribution in [-0.4, -0.2) is 38.5 Å². The van der Waals surface area contributed by atoms with Gasteiger partial charge in [0.05, 0.1) is 11.6 Å². The summed E-state index contributed by atoms with van der Waals surface area (Å²) in [5.74, 6) is 0.969. The van der Waals surface area contributed by atoms with E-state index in [1.54, 1.807) is 17.9 Å². The van der Waals surface area contributed by atoms with Crippen molar-refractivity contribution in [2.24, 2.45) is 12.8 Å². The summed E-state index contributed by atoms with van der Waals surface area (Å²) in [6.45, 7) is 3.64. The van der Waals surface area contributed by atoms with E-state index < -0.39 is 5.67 Å². The molecule has 0 aliphatic rings. The van der Waals surface area contributed by atoms with E-state index in [4.69, 9.17) is 5.73 Å². The van der Waals surface area contributed by atoms with Gasteiger partial charge in [-0.3, -0.25) is 4.68 Å². The van der Waals surface area contributed by atoms with Crippen molar-refractivity contribution >= 4 is 22.8 Å². The van der Waals surface area contributed by atoms with Gasteiger partial charge in [0.2, 0.25) is 5.95 Å². The molecule has 1 atom stereocenters. The number of nitrogens with one attached hydrogen (secondary N) is 2. The predicted molar refractivity (Wildman–Crippen MR) is 102 cm³/mol. The van der Waals surface area contributed by atoms with E-state index in [1.165, 1.54) is 13.8 Å². The van der Waals surface area contributed by atoms with E-state index in [0.717, 1.165) is 10.9 Å². The van der Waals surface area contributed by atoms with E-state index >= 15 is 0 Å². The molecule has 138 valence electrons. The Bertz CT molecular complexity index is 870. The Hall–Kier alpha value is -2.74. The Labute approximate surface area is 151 Å². The number of benzene rings is 1. The van der Waals surface area contributed by atoms with Crippen LogP contribution in [-0.2, 0) is 7.05 Å². The minimum absolute atomic E-state index is 0.136. The predicted octanol–water partition coefficient (Wildman–Crippen LogP) is 2.64. The number of halogens is 1. The SMILES string of the molecule is Cn1ncc2c(NCC(C)(C)F)nc(NCC(N)c3ccccc3)nc21. The van der Waals surface area contributed by atoms with Crippen LogP contribution in [0.3, 0.4) is 0 Å². The van der Waals surface area contributed by atoms with Crippen LogP contribution in [0.4, 0.5) is 16.2 Å². The molecular weight excluding hydrogens is 333 g/mol. The summed E-state index contributed by atoms with van der Waals surface area (Å²) < 4.78 is 15.5. The molecule has 0 fully saturated rings. The number of nitrogens with zero attached hydrogens (tertiary/aromatic N) is 4. The number of anilines is 2. The molecule has 8 heteroatoms. The van der Waals surface area contributed by atoms with Crippen LogP contribution in [0.25, 0.3) is 11.0 Å². The summed E-state index contributed by atoms with van der Waals surface area (Å²) >= 11 is 0. The lowest BCUT2D eigenvalue weighted by atomic mass is 10.1. The second-order valence-electron chi connectivity index (χ2n) is 6.87. The van der Waals surface area contributed by atoms with Gasteiger partial charge in [0.1, 0.15) is 11.5 Å². The minimum atomic E-state index is -1.36. The number of aryl methyl sites for hydroxylation is 1. The quantitative estimate of drug-likeness (QED) is 0.602. The van der Waals surface area contributed by atoms with Crippen molar-refractivity contribution in [3.63, 3.8) is 0 Å². The number of hydrogen-bond acceptors (Lipinski definition) is 6. The van der Waals surface area contributed by atoms with Gasteiger partial charge in [-0.1, -0.05) is 30.3 Å². The van der Waals surface area contributed by atoms with Gasteiger partial charge in [-0.15, -0.1) is 0 Å². The van der Waals surface area contributed by atoms with Gasteiger partial charge < -0.3 is 16.4 Å². The molecule has 2 aromatic heterocycles. The standard InChI is InChI=1S/C18H24FN7/c1-18(2,19)11-22-15-13-9-23-26(3)16(13)25-17(24-15)21-10-14(20)12-7-5-4-6-8-12/h4-9,14H,10-11,20H2,1-3H3,(H2,21,22,24,25). The Morgan fingerprint density at radius 2 is 1.92 bits per heavy atom. The zero-order valence-electron chi connectivity index (χ0n) is 15.2. The topological polar surface area (TPSA) is 93.7 Å². The van der Waals surface area contributed by atoms with Gasteiger partial charge in [0.15, 0.2) is 5.65 Å². The van der Waals surface area contributed by atoms with Gasteiger partial charge in [-0.2, -0.15) is 15.1 Å². The largest absolute Gasteiger partial charge is 0.366 e. The van der Waals surface area contributed by atoms with E-state index in [2.05, 4.69) is 25.7 Å². The molecule has 0 spiro atoms. The monoisotopic (exact) mass is 357 g/mol. The van der Waals surface area contributed by atoms with Crippen LogP contribution >= 0.6 is 0 Å². The van der Waals surface area contributed by atoms with E-state index in [-0.39, 0.29) is 12.6 Å². The van der Waals surface area contributed by atoms with Crippen molar-refractivity contribution in [2.75, 3.05) is 23.7 Å². The molecular formula is C18H24FN7. The minimum Gasteiger partial charge on any atom is -0.366 e. The summed E-state index contributed by atoms with van der Waals surface area (Å²) in [6, 6.07) is 9.63. The van der Waals surface area contributed by atoms with Crippen LogP contribution in [0.2, 0.25) is 0 Å². The third-order valence-corrected chi connectivity index (χ3v) is 3.98. The normalized spacial score (nSPS) is 13.0. The molecule has 1 aromatic carbocycles. The molecule has 2 heterocycles. The summed E-state index contributed by atoms with van der Waals surface area (Å²) in [5, 5.41) is 11.2. The lowest BCUT2D eigenvalue weighted by Gasteiger charge is -2.17. The van der Waals surface area contributed by atoms with Crippen molar-refractivity contribution in [3.8, 4) is 0 Å². The molecule has 0 radical (unpaired) electrons. The number of alkyl halides is 1. The highest BCUT2D eigenvalue weighted by Gasteiger charge is 2.18. The molecule has 0 amide bonds. The van der Waals surface area contributed by atoms with Crippen LogP contribution in [0, 0.1) is 0 Å². The molecule has 26 heavy (non-hydrogen) atoms.